The smallest absolute Gasteiger partial charge is 0.0681 e. The summed E-state index contributed by atoms with van der Waals surface area (Å²) < 4.78 is 0. The zero-order chi connectivity index (χ0) is 20.2. The molecule has 0 aliphatic carbocycles. The van der Waals surface area contributed by atoms with Crippen molar-refractivity contribution in [3.63, 3.8) is 0 Å². The molecule has 5 heteroatoms. The van der Waals surface area contributed by atoms with Crippen LogP contribution in [-0.2, 0) is 6.61 Å². The van der Waals surface area contributed by atoms with Crippen LogP contribution in [0.25, 0.3) is 0 Å². The minimum absolute atomic E-state index is 0.0833. The summed E-state index contributed by atoms with van der Waals surface area (Å²) in [6, 6.07) is 9.52. The van der Waals surface area contributed by atoms with E-state index in [1.54, 1.807) is 0 Å². The second-order valence-electron chi connectivity index (χ2n) is 6.48. The molecule has 5 N–H and O–H groups in total. The molecule has 0 aliphatic heterocycles. The lowest BCUT2D eigenvalue weighted by Gasteiger charge is -2.17. The van der Waals surface area contributed by atoms with E-state index in [9.17, 15) is 5.11 Å². The molecule has 0 fully saturated rings. The highest BCUT2D eigenvalue weighted by atomic mass is 16.3. The topological polar surface area (TPSA) is 101 Å². The molecule has 0 saturated heterocycles. The lowest BCUT2D eigenvalue weighted by molar-refractivity contribution is 0.0584. The predicted molar refractivity (Wildman–Crippen MR) is 107 cm³/mol. The largest absolute Gasteiger partial charge is 0.396 e. The Morgan fingerprint density at radius 3 is 1.69 bits per heavy atom. The zero-order valence-electron chi connectivity index (χ0n) is 16.7. The zero-order valence-corrected chi connectivity index (χ0v) is 16.7. The van der Waals surface area contributed by atoms with Crippen molar-refractivity contribution in [3.8, 4) is 0 Å². The highest BCUT2D eigenvalue weighted by Crippen LogP contribution is 2.12. The van der Waals surface area contributed by atoms with Crippen LogP contribution in [0.4, 0.5) is 0 Å². The number of aliphatic hydroxyl groups excluding tert-OH is 5. The van der Waals surface area contributed by atoms with Gasteiger partial charge in [0.15, 0.2) is 0 Å². The summed E-state index contributed by atoms with van der Waals surface area (Å²) in [5.41, 5.74) is 0.965. The van der Waals surface area contributed by atoms with Gasteiger partial charge in [0.25, 0.3) is 0 Å². The van der Waals surface area contributed by atoms with Crippen molar-refractivity contribution in [1.29, 1.82) is 0 Å². The molecule has 5 nitrogen and oxygen atoms in total. The maximum Gasteiger partial charge on any atom is 0.0681 e. The van der Waals surface area contributed by atoms with Crippen molar-refractivity contribution in [3.05, 3.63) is 35.9 Å². The Bertz CT molecular complexity index is 362. The summed E-state index contributed by atoms with van der Waals surface area (Å²) in [5, 5.41) is 43.4. The minimum Gasteiger partial charge on any atom is -0.396 e. The fraction of sp³-hybridized carbons (Fsp3) is 0.714. The second kappa shape index (κ2) is 20.3. The van der Waals surface area contributed by atoms with E-state index < -0.39 is 0 Å². The molecule has 0 heterocycles. The number of hydrogen-bond donors (Lipinski definition) is 5. The van der Waals surface area contributed by atoms with E-state index in [0.29, 0.717) is 5.92 Å². The maximum absolute atomic E-state index is 9.35. The molecule has 1 rings (SSSR count). The number of benzene rings is 1. The van der Waals surface area contributed by atoms with Gasteiger partial charge in [0, 0.05) is 25.7 Å². The molecular formula is C21H40O5. The molecule has 154 valence electrons. The van der Waals surface area contributed by atoms with Crippen LogP contribution in [0.2, 0.25) is 0 Å². The van der Waals surface area contributed by atoms with Gasteiger partial charge in [0.2, 0.25) is 0 Å². The van der Waals surface area contributed by atoms with Gasteiger partial charge in [0.1, 0.15) is 0 Å². The molecule has 0 bridgehead atoms. The van der Waals surface area contributed by atoms with Crippen LogP contribution in [0, 0.1) is 11.8 Å². The monoisotopic (exact) mass is 372 g/mol. The summed E-state index contributed by atoms with van der Waals surface area (Å²) in [6.07, 6.45) is 3.95. The van der Waals surface area contributed by atoms with E-state index in [2.05, 4.69) is 0 Å². The third kappa shape index (κ3) is 16.5. The highest BCUT2D eigenvalue weighted by molar-refractivity contribution is 5.12. The van der Waals surface area contributed by atoms with E-state index >= 15 is 0 Å². The molecule has 0 amide bonds. The molecule has 1 aromatic carbocycles. The van der Waals surface area contributed by atoms with E-state index in [4.69, 9.17) is 20.4 Å². The first kappa shape index (κ1) is 27.2. The van der Waals surface area contributed by atoms with Gasteiger partial charge >= 0.3 is 0 Å². The van der Waals surface area contributed by atoms with Crippen molar-refractivity contribution in [2.24, 2.45) is 11.8 Å². The standard InChI is InChI=1S/C8H18O2.C7H8O.C6H14O2/c1-3-5-8(10)7(4-2)6-9;8-6-7-4-2-1-3-5-7;1-6(2-4-7)3-5-8/h7-10H,3-6H2,1-2H3;1-5,8H,6H2;6-8H,2-5H2,1H3. The average molecular weight is 373 g/mol. The van der Waals surface area contributed by atoms with E-state index in [-0.39, 0.29) is 38.4 Å². The van der Waals surface area contributed by atoms with E-state index in [1.165, 1.54) is 0 Å². The van der Waals surface area contributed by atoms with Crippen LogP contribution in [0.3, 0.4) is 0 Å². The molecule has 2 atom stereocenters. The SMILES string of the molecule is CC(CCO)CCO.CCCC(O)C(CC)CO.OCc1ccccc1. The number of rotatable bonds is 10. The molecule has 0 aliphatic rings. The molecule has 26 heavy (non-hydrogen) atoms. The van der Waals surface area contributed by atoms with Gasteiger partial charge in [0.05, 0.1) is 12.7 Å². The molecule has 0 saturated carbocycles. The van der Waals surface area contributed by atoms with Crippen molar-refractivity contribution in [2.75, 3.05) is 19.8 Å². The Kier molecular flexibility index (Phi) is 21.3. The third-order valence-electron chi connectivity index (χ3n) is 4.16. The van der Waals surface area contributed by atoms with Crippen LogP contribution in [0.1, 0.15) is 58.4 Å². The summed E-state index contributed by atoms with van der Waals surface area (Å²) in [5.74, 6) is 0.546. The summed E-state index contributed by atoms with van der Waals surface area (Å²) in [6.45, 7) is 6.76. The van der Waals surface area contributed by atoms with Gasteiger partial charge in [-0.15, -0.1) is 0 Å². The molecule has 0 radical (unpaired) electrons. The van der Waals surface area contributed by atoms with E-state index in [0.717, 1.165) is 37.7 Å². The molecule has 2 unspecified atom stereocenters. The van der Waals surface area contributed by atoms with E-state index in [1.807, 2.05) is 51.1 Å². The van der Waals surface area contributed by atoms with Gasteiger partial charge in [-0.1, -0.05) is 57.5 Å². The lowest BCUT2D eigenvalue weighted by Crippen LogP contribution is -2.22. The Labute approximate surface area is 159 Å². The maximum atomic E-state index is 9.35. The molecule has 1 aromatic rings. The number of hydrogen-bond acceptors (Lipinski definition) is 5. The first-order valence-electron chi connectivity index (χ1n) is 9.65. The average Bonchev–Trinajstić information content (AvgIpc) is 2.65. The van der Waals surface area contributed by atoms with Crippen molar-refractivity contribution >= 4 is 0 Å². The van der Waals surface area contributed by atoms with Gasteiger partial charge < -0.3 is 25.5 Å². The van der Waals surface area contributed by atoms with Gasteiger partial charge in [-0.05, 0) is 37.2 Å². The fourth-order valence-corrected chi connectivity index (χ4v) is 2.22. The quantitative estimate of drug-likeness (QED) is 0.435. The molecular weight excluding hydrogens is 332 g/mol. The Hall–Kier alpha value is -0.980. The Morgan fingerprint density at radius 2 is 1.38 bits per heavy atom. The minimum atomic E-state index is -0.306. The fourth-order valence-electron chi connectivity index (χ4n) is 2.22. The van der Waals surface area contributed by atoms with Crippen LogP contribution < -0.4 is 0 Å². The second-order valence-corrected chi connectivity index (χ2v) is 6.48. The Morgan fingerprint density at radius 1 is 0.846 bits per heavy atom. The Balaban J connectivity index is 0. The highest BCUT2D eigenvalue weighted by Gasteiger charge is 2.14. The van der Waals surface area contributed by atoms with Gasteiger partial charge in [-0.3, -0.25) is 0 Å². The van der Waals surface area contributed by atoms with Crippen LogP contribution in [0.15, 0.2) is 30.3 Å². The van der Waals surface area contributed by atoms with Crippen LogP contribution >= 0.6 is 0 Å². The van der Waals surface area contributed by atoms with Crippen LogP contribution in [0.5, 0.6) is 0 Å². The van der Waals surface area contributed by atoms with Crippen molar-refractivity contribution < 1.29 is 25.5 Å². The summed E-state index contributed by atoms with van der Waals surface area (Å²) >= 11 is 0. The lowest BCUT2D eigenvalue weighted by atomic mass is 9.97. The number of aliphatic hydroxyl groups is 5. The van der Waals surface area contributed by atoms with Crippen molar-refractivity contribution in [1.82, 2.24) is 0 Å². The summed E-state index contributed by atoms with van der Waals surface area (Å²) in [4.78, 5) is 0. The van der Waals surface area contributed by atoms with Crippen molar-refractivity contribution in [2.45, 2.75) is 65.6 Å². The first-order valence-corrected chi connectivity index (χ1v) is 9.65. The third-order valence-corrected chi connectivity index (χ3v) is 4.16. The normalized spacial score (nSPS) is 12.5. The van der Waals surface area contributed by atoms with Gasteiger partial charge in [-0.2, -0.15) is 0 Å². The molecule has 0 spiro atoms. The predicted octanol–water partition coefficient (Wildman–Crippen LogP) is 2.73. The summed E-state index contributed by atoms with van der Waals surface area (Å²) in [7, 11) is 0. The van der Waals surface area contributed by atoms with Crippen LogP contribution in [-0.4, -0.2) is 51.5 Å². The van der Waals surface area contributed by atoms with Gasteiger partial charge in [-0.25, -0.2) is 0 Å². The molecule has 0 aromatic heterocycles. The first-order chi connectivity index (χ1) is 12.5.